The van der Waals surface area contributed by atoms with Gasteiger partial charge in [0.05, 0.1) is 11.4 Å². The molecule has 158 valence electrons. The number of benzene rings is 1. The molecule has 3 heterocycles. The Morgan fingerprint density at radius 3 is 3.03 bits per heavy atom. The fourth-order valence-corrected chi connectivity index (χ4v) is 3.62. The largest absolute Gasteiger partial charge is 0.478 e. The molecule has 0 spiro atoms. The van der Waals surface area contributed by atoms with Crippen molar-refractivity contribution < 1.29 is 13.9 Å². The molecule has 1 aromatic carbocycles. The van der Waals surface area contributed by atoms with Crippen LogP contribution >= 0.6 is 0 Å². The predicted octanol–water partition coefficient (Wildman–Crippen LogP) is 2.33. The van der Waals surface area contributed by atoms with Gasteiger partial charge in [0.15, 0.2) is 17.2 Å². The number of aromatic nitrogens is 4. The van der Waals surface area contributed by atoms with Crippen LogP contribution in [-0.2, 0) is 4.79 Å². The quantitative estimate of drug-likeness (QED) is 0.514. The molecule has 8 nitrogen and oxygen atoms in total. The number of carbonyl (C=O) groups excluding carboxylic acids is 1. The molecule has 2 aromatic heterocycles. The van der Waals surface area contributed by atoms with Gasteiger partial charge in [0.2, 0.25) is 5.91 Å². The van der Waals surface area contributed by atoms with Gasteiger partial charge in [-0.2, -0.15) is 5.10 Å². The third-order valence-corrected chi connectivity index (χ3v) is 5.09. The fourth-order valence-electron chi connectivity index (χ4n) is 3.62. The van der Waals surface area contributed by atoms with Gasteiger partial charge in [0.25, 0.3) is 0 Å². The van der Waals surface area contributed by atoms with Gasteiger partial charge in [0, 0.05) is 13.1 Å². The highest BCUT2D eigenvalue weighted by Crippen LogP contribution is 2.28. The van der Waals surface area contributed by atoms with E-state index in [-0.39, 0.29) is 30.1 Å². The Morgan fingerprint density at radius 2 is 2.23 bits per heavy atom. The number of hydrogen-bond donors (Lipinski definition) is 1. The minimum atomic E-state index is -0.451. The van der Waals surface area contributed by atoms with Crippen LogP contribution in [0.2, 0.25) is 0 Å². The fraction of sp³-hybridized carbons (Fsp3) is 0.273. The van der Waals surface area contributed by atoms with Crippen molar-refractivity contribution in [3.05, 3.63) is 54.8 Å². The first-order valence-electron chi connectivity index (χ1n) is 9.84. The van der Waals surface area contributed by atoms with E-state index in [0.29, 0.717) is 29.8 Å². The number of rotatable bonds is 4. The Hall–Kier alpha value is -3.93. The molecule has 31 heavy (non-hydrogen) atoms. The van der Waals surface area contributed by atoms with E-state index in [1.165, 1.54) is 24.5 Å². The van der Waals surface area contributed by atoms with Crippen LogP contribution < -0.4 is 10.5 Å². The molecule has 0 saturated carbocycles. The molecule has 0 aliphatic carbocycles. The molecular formula is C22H21FN6O2. The van der Waals surface area contributed by atoms with Gasteiger partial charge in [-0.1, -0.05) is 24.6 Å². The lowest BCUT2D eigenvalue weighted by Gasteiger charge is -2.32. The smallest absolute Gasteiger partial charge is 0.246 e. The zero-order chi connectivity index (χ0) is 21.8. The monoisotopic (exact) mass is 420 g/mol. The van der Waals surface area contributed by atoms with E-state index in [9.17, 15) is 9.18 Å². The van der Waals surface area contributed by atoms with Gasteiger partial charge in [0.1, 0.15) is 24.4 Å². The molecule has 9 heteroatoms. The first-order chi connectivity index (χ1) is 15.1. The molecule has 1 fully saturated rings. The second-order valence-electron chi connectivity index (χ2n) is 7.06. The average Bonchev–Trinajstić information content (AvgIpc) is 3.17. The van der Waals surface area contributed by atoms with Crippen molar-refractivity contribution in [3.8, 4) is 17.6 Å². The zero-order valence-electron chi connectivity index (χ0n) is 16.8. The number of nitrogen functional groups attached to an aromatic ring is 1. The number of halogens is 1. The number of likely N-dealkylation sites (tertiary alicyclic amines) is 1. The summed E-state index contributed by atoms with van der Waals surface area (Å²) in [5, 5.41) is 5.17. The summed E-state index contributed by atoms with van der Waals surface area (Å²) in [6.45, 7) is 4.72. The first-order valence-corrected chi connectivity index (χ1v) is 9.84. The normalized spacial score (nSPS) is 15.9. The highest BCUT2D eigenvalue weighted by atomic mass is 19.1. The van der Waals surface area contributed by atoms with Crippen LogP contribution in [0.15, 0.2) is 43.2 Å². The number of anilines is 1. The minimum Gasteiger partial charge on any atom is -0.478 e. The van der Waals surface area contributed by atoms with Crippen molar-refractivity contribution in [2.45, 2.75) is 18.9 Å². The maximum atomic E-state index is 13.7. The molecule has 3 aromatic rings. The summed E-state index contributed by atoms with van der Waals surface area (Å²) in [7, 11) is 0. The highest BCUT2D eigenvalue weighted by Gasteiger charge is 2.27. The van der Waals surface area contributed by atoms with Crippen molar-refractivity contribution in [1.29, 1.82) is 0 Å². The number of nitrogens with two attached hydrogens (primary N) is 1. The van der Waals surface area contributed by atoms with Gasteiger partial charge in [-0.05, 0) is 37.0 Å². The van der Waals surface area contributed by atoms with Crippen molar-refractivity contribution in [2.75, 3.05) is 25.4 Å². The molecule has 0 unspecified atom stereocenters. The van der Waals surface area contributed by atoms with Crippen LogP contribution in [0.4, 0.5) is 10.2 Å². The lowest BCUT2D eigenvalue weighted by molar-refractivity contribution is -0.127. The third-order valence-electron chi connectivity index (χ3n) is 5.09. The third kappa shape index (κ3) is 4.19. The number of piperidine rings is 1. The molecule has 0 radical (unpaired) electrons. The molecular weight excluding hydrogens is 399 g/mol. The molecule has 1 amide bonds. The Kier molecular flexibility index (Phi) is 5.80. The summed E-state index contributed by atoms with van der Waals surface area (Å²) < 4.78 is 20.8. The average molecular weight is 420 g/mol. The van der Waals surface area contributed by atoms with Gasteiger partial charge in [-0.15, -0.1) is 0 Å². The number of fused-ring (bicyclic) bond motifs is 1. The van der Waals surface area contributed by atoms with E-state index >= 15 is 0 Å². The lowest BCUT2D eigenvalue weighted by atomic mass is 10.1. The van der Waals surface area contributed by atoms with E-state index < -0.39 is 5.82 Å². The number of carbonyl (C=O) groups is 1. The molecule has 1 aliphatic heterocycles. The number of amides is 1. The summed E-state index contributed by atoms with van der Waals surface area (Å²) >= 11 is 0. The second kappa shape index (κ2) is 8.83. The first kappa shape index (κ1) is 20.3. The second-order valence-corrected chi connectivity index (χ2v) is 7.06. The van der Waals surface area contributed by atoms with E-state index in [1.54, 1.807) is 21.7 Å². The lowest BCUT2D eigenvalue weighted by Crippen LogP contribution is -2.40. The molecule has 1 saturated heterocycles. The Bertz CT molecular complexity index is 1200. The van der Waals surface area contributed by atoms with Crippen LogP contribution in [0.25, 0.3) is 11.0 Å². The molecule has 0 bridgehead atoms. The molecule has 4 rings (SSSR count). The molecule has 1 aliphatic rings. The Balaban J connectivity index is 1.61. The van der Waals surface area contributed by atoms with E-state index in [2.05, 4.69) is 33.5 Å². The number of para-hydroxylation sites is 1. The predicted molar refractivity (Wildman–Crippen MR) is 114 cm³/mol. The van der Waals surface area contributed by atoms with Gasteiger partial charge in [-0.25, -0.2) is 19.0 Å². The maximum Gasteiger partial charge on any atom is 0.246 e. The highest BCUT2D eigenvalue weighted by molar-refractivity contribution is 5.90. The van der Waals surface area contributed by atoms with Gasteiger partial charge >= 0.3 is 0 Å². The summed E-state index contributed by atoms with van der Waals surface area (Å²) in [6.07, 6.45) is 4.37. The van der Waals surface area contributed by atoms with Crippen molar-refractivity contribution in [1.82, 2.24) is 24.6 Å². The number of hydrogen-bond acceptors (Lipinski definition) is 6. The van der Waals surface area contributed by atoms with Gasteiger partial charge < -0.3 is 15.4 Å². The minimum absolute atomic E-state index is 0.0199. The topological polar surface area (TPSA) is 99.2 Å². The van der Waals surface area contributed by atoms with Crippen molar-refractivity contribution in [2.24, 2.45) is 0 Å². The van der Waals surface area contributed by atoms with Crippen molar-refractivity contribution in [3.63, 3.8) is 0 Å². The molecule has 1 atom stereocenters. The van der Waals surface area contributed by atoms with E-state index in [1.807, 2.05) is 0 Å². The Labute approximate surface area is 178 Å². The standard InChI is InChI=1S/C22H21FN6O2/c1-2-19(30)28-11-5-7-15(13-28)29-22-20(21(24)25-14-26-22)17(27-29)9-6-12-31-18-10-4-3-8-16(18)23/h2-4,8,10,14-15H,1,5,7,11-13H2,(H2,24,25,26)/t15-/m1/s1. The molecule has 2 N–H and O–H groups in total. The number of nitrogens with zero attached hydrogens (tertiary/aromatic N) is 5. The van der Waals surface area contributed by atoms with Crippen LogP contribution in [0.1, 0.15) is 24.6 Å². The SMILES string of the molecule is C=CC(=O)N1CCC[C@@H](n2nc(C#CCOc3ccccc3F)c3c(N)ncnc32)C1. The van der Waals surface area contributed by atoms with Crippen LogP contribution in [0.3, 0.4) is 0 Å². The van der Waals surface area contributed by atoms with Crippen LogP contribution in [0.5, 0.6) is 5.75 Å². The summed E-state index contributed by atoms with van der Waals surface area (Å²) in [4.78, 5) is 22.2. The summed E-state index contributed by atoms with van der Waals surface area (Å²) in [5.41, 5.74) is 7.06. The van der Waals surface area contributed by atoms with Gasteiger partial charge in [-0.3, -0.25) is 4.79 Å². The zero-order valence-corrected chi connectivity index (χ0v) is 16.8. The van der Waals surface area contributed by atoms with Crippen molar-refractivity contribution >= 4 is 22.8 Å². The van der Waals surface area contributed by atoms with Crippen LogP contribution in [-0.4, -0.2) is 50.3 Å². The maximum absolute atomic E-state index is 13.7. The Morgan fingerprint density at radius 1 is 1.39 bits per heavy atom. The number of ether oxygens (including phenoxy) is 1. The van der Waals surface area contributed by atoms with Crippen LogP contribution in [0, 0.1) is 17.7 Å². The summed E-state index contributed by atoms with van der Waals surface area (Å²) in [5.74, 6) is 5.62. The van der Waals surface area contributed by atoms with E-state index in [0.717, 1.165) is 12.8 Å². The summed E-state index contributed by atoms with van der Waals surface area (Å²) in [6, 6.07) is 6.06. The van der Waals surface area contributed by atoms with E-state index in [4.69, 9.17) is 10.5 Å².